The van der Waals surface area contributed by atoms with E-state index in [9.17, 15) is 9.90 Å². The van der Waals surface area contributed by atoms with Crippen LogP contribution >= 0.6 is 0 Å². The van der Waals surface area contributed by atoms with Crippen molar-refractivity contribution in [3.63, 3.8) is 0 Å². The summed E-state index contributed by atoms with van der Waals surface area (Å²) in [7, 11) is 0. The van der Waals surface area contributed by atoms with Crippen LogP contribution < -0.4 is 5.32 Å². The number of aryl methyl sites for hydroxylation is 1. The molecular weight excluding hydrogens is 356 g/mol. The van der Waals surface area contributed by atoms with Crippen molar-refractivity contribution < 1.29 is 14.6 Å². The quantitative estimate of drug-likeness (QED) is 0.708. The van der Waals surface area contributed by atoms with Gasteiger partial charge in [0, 0.05) is 41.3 Å². The van der Waals surface area contributed by atoms with Crippen molar-refractivity contribution >= 4 is 22.5 Å². The lowest BCUT2D eigenvalue weighted by atomic mass is 10.0. The van der Waals surface area contributed by atoms with E-state index in [1.807, 2.05) is 26.0 Å². The summed E-state index contributed by atoms with van der Waals surface area (Å²) in [5.41, 5.74) is 3.37. The Labute approximate surface area is 162 Å². The smallest absolute Gasteiger partial charge is 0.254 e. The van der Waals surface area contributed by atoms with Crippen molar-refractivity contribution in [2.24, 2.45) is 0 Å². The Morgan fingerprint density at radius 3 is 2.64 bits per heavy atom. The topological polar surface area (TPSA) is 97.2 Å². The summed E-state index contributed by atoms with van der Waals surface area (Å²) in [5, 5.41) is 14.5. The van der Waals surface area contributed by atoms with Crippen LogP contribution in [0.2, 0.25) is 0 Å². The molecule has 4 rings (SSSR count). The van der Waals surface area contributed by atoms with Crippen LogP contribution in [0.1, 0.15) is 37.1 Å². The molecule has 2 N–H and O–H groups in total. The van der Waals surface area contributed by atoms with Gasteiger partial charge in [0.2, 0.25) is 0 Å². The molecule has 1 fully saturated rings. The van der Waals surface area contributed by atoms with Crippen molar-refractivity contribution in [2.45, 2.75) is 38.9 Å². The zero-order valence-corrected chi connectivity index (χ0v) is 15.8. The number of hydrogen-bond donors (Lipinski definition) is 2. The lowest BCUT2D eigenvalue weighted by Gasteiger charge is -2.24. The Morgan fingerprint density at radius 1 is 1.21 bits per heavy atom. The van der Waals surface area contributed by atoms with Gasteiger partial charge in [-0.05, 0) is 37.1 Å². The fourth-order valence-electron chi connectivity index (χ4n) is 3.14. The van der Waals surface area contributed by atoms with Gasteiger partial charge >= 0.3 is 0 Å². The monoisotopic (exact) mass is 378 g/mol. The zero-order chi connectivity index (χ0) is 19.7. The third-order valence-electron chi connectivity index (χ3n) is 4.98. The van der Waals surface area contributed by atoms with Crippen LogP contribution in [-0.4, -0.2) is 38.7 Å². The van der Waals surface area contributed by atoms with Crippen LogP contribution in [0.15, 0.2) is 36.8 Å². The summed E-state index contributed by atoms with van der Waals surface area (Å²) < 4.78 is 5.18. The molecule has 0 unspecified atom stereocenters. The number of nitrogens with zero attached hydrogens (tertiary/aromatic N) is 3. The van der Waals surface area contributed by atoms with Gasteiger partial charge in [0.25, 0.3) is 5.91 Å². The van der Waals surface area contributed by atoms with Crippen molar-refractivity contribution in [3.8, 4) is 11.3 Å². The maximum atomic E-state index is 12.0. The lowest BCUT2D eigenvalue weighted by Crippen LogP contribution is -2.39. The second-order valence-corrected chi connectivity index (χ2v) is 6.97. The number of fused-ring (bicyclic) bond motifs is 1. The number of hydrogen-bond acceptors (Lipinski definition) is 6. The van der Waals surface area contributed by atoms with Crippen molar-refractivity contribution in [2.75, 3.05) is 11.9 Å². The highest BCUT2D eigenvalue weighted by molar-refractivity contribution is 5.96. The highest BCUT2D eigenvalue weighted by atomic mass is 16.5. The minimum atomic E-state index is -0.555. The molecule has 0 bridgehead atoms. The largest absolute Gasteiger partial charge is 0.387 e. The summed E-state index contributed by atoms with van der Waals surface area (Å²) in [6.45, 7) is 4.53. The normalized spacial score (nSPS) is 17.2. The lowest BCUT2D eigenvalue weighted by molar-refractivity contribution is -0.139. The number of carbonyl (C=O) groups excluding carboxylic acids is 1. The average molecular weight is 378 g/mol. The zero-order valence-electron chi connectivity index (χ0n) is 15.8. The first-order valence-electron chi connectivity index (χ1n) is 9.38. The summed E-state index contributed by atoms with van der Waals surface area (Å²) in [5.74, 6) is 0.317. The first-order chi connectivity index (χ1) is 13.5. The van der Waals surface area contributed by atoms with Crippen molar-refractivity contribution in [1.29, 1.82) is 0 Å². The average Bonchev–Trinajstić information content (AvgIpc) is 2.65. The Bertz CT molecular complexity index is 1030. The predicted molar refractivity (Wildman–Crippen MR) is 106 cm³/mol. The third-order valence-corrected chi connectivity index (χ3v) is 4.98. The summed E-state index contributed by atoms with van der Waals surface area (Å²) in [4.78, 5) is 25.2. The van der Waals surface area contributed by atoms with E-state index in [1.54, 1.807) is 24.7 Å². The Balaban J connectivity index is 1.59. The van der Waals surface area contributed by atoms with E-state index in [-0.39, 0.29) is 12.0 Å². The molecule has 1 aliphatic rings. The molecule has 7 nitrogen and oxygen atoms in total. The molecule has 0 aliphatic carbocycles. The minimum Gasteiger partial charge on any atom is -0.387 e. The number of pyridine rings is 3. The molecule has 7 heteroatoms. The Morgan fingerprint density at radius 2 is 1.96 bits per heavy atom. The van der Waals surface area contributed by atoms with Crippen LogP contribution in [0.25, 0.3) is 22.0 Å². The number of carbonyl (C=O) groups is 1. The maximum Gasteiger partial charge on any atom is 0.254 e. The molecule has 28 heavy (non-hydrogen) atoms. The van der Waals surface area contributed by atoms with E-state index >= 15 is 0 Å². The summed E-state index contributed by atoms with van der Waals surface area (Å²) in [6, 6.07) is 5.65. The molecule has 4 heterocycles. The number of amides is 1. The fraction of sp³-hybridized carbons (Fsp3) is 0.333. The molecule has 144 valence electrons. The predicted octanol–water partition coefficient (Wildman–Crippen LogP) is 3.17. The SMILES string of the molecule is CC[C@H](O)c1cc(C)c(-c2cc3cnc(NC(=O)[C@H]4CCO4)cc3cn2)cn1. The molecule has 1 amide bonds. The van der Waals surface area contributed by atoms with E-state index in [4.69, 9.17) is 4.74 Å². The highest BCUT2D eigenvalue weighted by Crippen LogP contribution is 2.27. The minimum absolute atomic E-state index is 0.168. The molecule has 3 aromatic heterocycles. The number of aliphatic hydroxyl groups excluding tert-OH is 1. The molecule has 2 atom stereocenters. The van der Waals surface area contributed by atoms with Crippen LogP contribution in [0, 0.1) is 6.92 Å². The van der Waals surface area contributed by atoms with Gasteiger partial charge in [0.1, 0.15) is 11.9 Å². The number of rotatable bonds is 5. The second kappa shape index (κ2) is 7.61. The first kappa shape index (κ1) is 18.5. The van der Waals surface area contributed by atoms with Gasteiger partial charge in [0.15, 0.2) is 0 Å². The van der Waals surface area contributed by atoms with E-state index in [1.165, 1.54) is 0 Å². The number of ether oxygens (including phenoxy) is 1. The molecule has 0 saturated carbocycles. The van der Waals surface area contributed by atoms with Gasteiger partial charge < -0.3 is 15.2 Å². The number of nitrogens with one attached hydrogen (secondary N) is 1. The fourth-order valence-corrected chi connectivity index (χ4v) is 3.14. The molecule has 3 aromatic rings. The van der Waals surface area contributed by atoms with Gasteiger partial charge in [-0.1, -0.05) is 6.92 Å². The van der Waals surface area contributed by atoms with Gasteiger partial charge in [-0.3, -0.25) is 14.8 Å². The Hall–Kier alpha value is -2.90. The third kappa shape index (κ3) is 3.58. The van der Waals surface area contributed by atoms with E-state index in [2.05, 4.69) is 20.3 Å². The highest BCUT2D eigenvalue weighted by Gasteiger charge is 2.26. The van der Waals surface area contributed by atoms with Gasteiger partial charge in [0.05, 0.1) is 24.1 Å². The van der Waals surface area contributed by atoms with Crippen LogP contribution in [0.5, 0.6) is 0 Å². The molecule has 0 radical (unpaired) electrons. The number of aromatic nitrogens is 3. The first-order valence-corrected chi connectivity index (χ1v) is 9.38. The molecule has 0 aromatic carbocycles. The summed E-state index contributed by atoms with van der Waals surface area (Å²) in [6.07, 6.45) is 5.66. The van der Waals surface area contributed by atoms with Gasteiger partial charge in [-0.2, -0.15) is 0 Å². The van der Waals surface area contributed by atoms with E-state index in [0.29, 0.717) is 24.5 Å². The summed E-state index contributed by atoms with van der Waals surface area (Å²) >= 11 is 0. The van der Waals surface area contributed by atoms with Gasteiger partial charge in [-0.15, -0.1) is 0 Å². The molecule has 1 saturated heterocycles. The standard InChI is InChI=1S/C21H22N4O3/c1-3-18(26)17-6-12(2)15(11-23-17)16-7-13-10-24-20(8-14(13)9-22-16)25-21(27)19-4-5-28-19/h6-11,18-19,26H,3-5H2,1-2H3,(H,24,25,27)/t18-,19+/m0/s1. The number of anilines is 1. The molecular formula is C21H22N4O3. The second-order valence-electron chi connectivity index (χ2n) is 6.97. The van der Waals surface area contributed by atoms with Crippen LogP contribution in [-0.2, 0) is 9.53 Å². The Kier molecular flexibility index (Phi) is 5.02. The maximum absolute atomic E-state index is 12.0. The van der Waals surface area contributed by atoms with E-state index < -0.39 is 6.10 Å². The molecule has 1 aliphatic heterocycles. The van der Waals surface area contributed by atoms with Crippen LogP contribution in [0.3, 0.4) is 0 Å². The van der Waals surface area contributed by atoms with Gasteiger partial charge in [-0.25, -0.2) is 4.98 Å². The number of aliphatic hydroxyl groups is 1. The van der Waals surface area contributed by atoms with Crippen molar-refractivity contribution in [1.82, 2.24) is 15.0 Å². The van der Waals surface area contributed by atoms with Crippen LogP contribution in [0.4, 0.5) is 5.82 Å². The van der Waals surface area contributed by atoms with E-state index in [0.717, 1.165) is 34.0 Å². The van der Waals surface area contributed by atoms with Crippen molar-refractivity contribution in [3.05, 3.63) is 48.0 Å². The molecule has 0 spiro atoms.